The van der Waals surface area contributed by atoms with E-state index in [4.69, 9.17) is 5.11 Å². The van der Waals surface area contributed by atoms with Crippen LogP contribution in [-0.2, 0) is 4.79 Å². The Bertz CT molecular complexity index is 368. The number of unbranched alkanes of at least 4 members (excludes halogenated alkanes) is 13. The van der Waals surface area contributed by atoms with Crippen LogP contribution in [0.5, 0.6) is 0 Å². The van der Waals surface area contributed by atoms with E-state index in [-0.39, 0.29) is 6.61 Å². The summed E-state index contributed by atoms with van der Waals surface area (Å²) in [5.74, 6) is -1.25. The Kier molecular flexibility index (Phi) is 16.9. The second-order valence-corrected chi connectivity index (χ2v) is 9.30. The third kappa shape index (κ3) is 14.4. The molecule has 2 atom stereocenters. The highest BCUT2D eigenvalue weighted by atomic mass is 16.4. The van der Waals surface area contributed by atoms with Crippen molar-refractivity contribution in [2.45, 2.75) is 130 Å². The molecule has 4 heteroatoms. The van der Waals surface area contributed by atoms with Crippen molar-refractivity contribution in [3.05, 3.63) is 0 Å². The number of carboxylic acids is 1. The van der Waals surface area contributed by atoms with E-state index in [2.05, 4.69) is 6.92 Å². The van der Waals surface area contributed by atoms with Gasteiger partial charge < -0.3 is 15.3 Å². The fourth-order valence-corrected chi connectivity index (χ4v) is 4.21. The maximum Gasteiger partial charge on any atom is 0.307 e. The Morgan fingerprint density at radius 3 is 1.54 bits per heavy atom. The molecule has 0 heterocycles. The van der Waals surface area contributed by atoms with Crippen LogP contribution in [0.15, 0.2) is 0 Å². The van der Waals surface area contributed by atoms with Crippen LogP contribution in [0.25, 0.3) is 0 Å². The molecule has 0 aliphatic rings. The summed E-state index contributed by atoms with van der Waals surface area (Å²) >= 11 is 0. The minimum absolute atomic E-state index is 0.311. The summed E-state index contributed by atoms with van der Waals surface area (Å²) in [5, 5.41) is 28.3. The van der Waals surface area contributed by atoms with E-state index in [0.717, 1.165) is 12.8 Å². The SMILES string of the molecule is CCCCCCCCCCCCCCCCC(C(=O)O)C(C)(C)CC(O)CO. The predicted octanol–water partition coefficient (Wildman–Crippen LogP) is 6.33. The van der Waals surface area contributed by atoms with Crippen molar-refractivity contribution in [1.82, 2.24) is 0 Å². The summed E-state index contributed by atoms with van der Waals surface area (Å²) < 4.78 is 0. The number of rotatable bonds is 20. The van der Waals surface area contributed by atoms with Gasteiger partial charge in [-0.3, -0.25) is 4.79 Å². The van der Waals surface area contributed by atoms with Crippen LogP contribution in [0, 0.1) is 11.3 Å². The van der Waals surface area contributed by atoms with Crippen molar-refractivity contribution >= 4 is 5.97 Å². The fraction of sp³-hybridized carbons (Fsp3) is 0.958. The number of hydrogen-bond donors (Lipinski definition) is 3. The molecule has 0 bridgehead atoms. The number of aliphatic hydroxyl groups is 2. The lowest BCUT2D eigenvalue weighted by Crippen LogP contribution is -2.35. The quantitative estimate of drug-likeness (QED) is 0.209. The molecule has 0 aromatic heterocycles. The lowest BCUT2D eigenvalue weighted by atomic mass is 9.72. The molecule has 3 N–H and O–H groups in total. The number of carboxylic acid groups (broad SMARTS) is 1. The maximum absolute atomic E-state index is 11.6. The van der Waals surface area contributed by atoms with Gasteiger partial charge in [-0.1, -0.05) is 111 Å². The monoisotopic (exact) mass is 400 g/mol. The molecule has 4 nitrogen and oxygen atoms in total. The van der Waals surface area contributed by atoms with Crippen LogP contribution in [0.2, 0.25) is 0 Å². The van der Waals surface area contributed by atoms with Gasteiger partial charge in [0.15, 0.2) is 0 Å². The molecule has 0 radical (unpaired) electrons. The standard InChI is InChI=1S/C24H48O4/c1-4-5-6-7-8-9-10-11-12-13-14-15-16-17-18-22(23(27)28)24(2,3)19-21(26)20-25/h21-22,25-26H,4-20H2,1-3H3,(H,27,28). The zero-order chi connectivity index (χ0) is 21.3. The molecule has 0 spiro atoms. The maximum atomic E-state index is 11.6. The van der Waals surface area contributed by atoms with E-state index >= 15 is 0 Å². The molecule has 2 unspecified atom stereocenters. The third-order valence-electron chi connectivity index (χ3n) is 6.06. The van der Waals surface area contributed by atoms with E-state index in [0.29, 0.717) is 12.8 Å². The van der Waals surface area contributed by atoms with Gasteiger partial charge in [-0.15, -0.1) is 0 Å². The van der Waals surface area contributed by atoms with Crippen LogP contribution >= 0.6 is 0 Å². The Balaban J connectivity index is 3.70. The van der Waals surface area contributed by atoms with E-state index in [1.54, 1.807) is 0 Å². The smallest absolute Gasteiger partial charge is 0.307 e. The molecule has 28 heavy (non-hydrogen) atoms. The van der Waals surface area contributed by atoms with Gasteiger partial charge in [-0.2, -0.15) is 0 Å². The molecule has 0 aromatic rings. The zero-order valence-corrected chi connectivity index (χ0v) is 18.9. The van der Waals surface area contributed by atoms with Gasteiger partial charge in [0.2, 0.25) is 0 Å². The zero-order valence-electron chi connectivity index (χ0n) is 18.9. The van der Waals surface area contributed by atoms with E-state index in [9.17, 15) is 15.0 Å². The summed E-state index contributed by atoms with van der Waals surface area (Å²) in [7, 11) is 0. The van der Waals surface area contributed by atoms with Crippen molar-refractivity contribution in [1.29, 1.82) is 0 Å². The summed E-state index contributed by atoms with van der Waals surface area (Å²) in [6.45, 7) is 5.72. The molecule has 0 saturated heterocycles. The van der Waals surface area contributed by atoms with Crippen molar-refractivity contribution in [2.24, 2.45) is 11.3 Å². The fourth-order valence-electron chi connectivity index (χ4n) is 4.21. The second kappa shape index (κ2) is 17.3. The average Bonchev–Trinajstić information content (AvgIpc) is 2.63. The summed E-state index contributed by atoms with van der Waals surface area (Å²) in [6, 6.07) is 0. The summed E-state index contributed by atoms with van der Waals surface area (Å²) in [5.41, 5.74) is -0.509. The van der Waals surface area contributed by atoms with E-state index < -0.39 is 23.4 Å². The van der Waals surface area contributed by atoms with Crippen LogP contribution in [0.1, 0.15) is 124 Å². The Morgan fingerprint density at radius 2 is 1.18 bits per heavy atom. The molecular formula is C24H48O4. The largest absolute Gasteiger partial charge is 0.481 e. The van der Waals surface area contributed by atoms with Crippen LogP contribution in [-0.4, -0.2) is 34.0 Å². The minimum atomic E-state index is -0.840. The van der Waals surface area contributed by atoms with Gasteiger partial charge in [0.1, 0.15) is 0 Å². The van der Waals surface area contributed by atoms with Gasteiger partial charge >= 0.3 is 5.97 Å². The van der Waals surface area contributed by atoms with Crippen LogP contribution < -0.4 is 0 Å². The van der Waals surface area contributed by atoms with Gasteiger partial charge in [0, 0.05) is 0 Å². The molecule has 0 aliphatic heterocycles. The first-order valence-electron chi connectivity index (χ1n) is 11.9. The Labute approximate surface area is 174 Å². The normalized spacial score (nSPS) is 14.2. The predicted molar refractivity (Wildman–Crippen MR) is 118 cm³/mol. The molecular weight excluding hydrogens is 352 g/mol. The molecule has 0 saturated carbocycles. The molecule has 0 aliphatic carbocycles. The van der Waals surface area contributed by atoms with Gasteiger partial charge in [0.05, 0.1) is 18.6 Å². The Morgan fingerprint density at radius 1 is 0.786 bits per heavy atom. The number of aliphatic hydroxyl groups excluding tert-OH is 2. The lowest BCUT2D eigenvalue weighted by Gasteiger charge is -2.33. The molecule has 0 rings (SSSR count). The third-order valence-corrected chi connectivity index (χ3v) is 6.06. The first-order chi connectivity index (χ1) is 13.3. The highest BCUT2D eigenvalue weighted by molar-refractivity contribution is 5.70. The lowest BCUT2D eigenvalue weighted by molar-refractivity contribution is -0.147. The van der Waals surface area contributed by atoms with E-state index in [1.165, 1.54) is 77.0 Å². The number of aliphatic carboxylic acids is 1. The van der Waals surface area contributed by atoms with Gasteiger partial charge in [-0.05, 0) is 18.3 Å². The highest BCUT2D eigenvalue weighted by Crippen LogP contribution is 2.36. The number of hydrogen-bond acceptors (Lipinski definition) is 3. The number of carbonyl (C=O) groups is 1. The molecule has 0 fully saturated rings. The molecule has 0 aromatic carbocycles. The van der Waals surface area contributed by atoms with Gasteiger partial charge in [-0.25, -0.2) is 0 Å². The molecule has 0 amide bonds. The second-order valence-electron chi connectivity index (χ2n) is 9.30. The molecule has 168 valence electrons. The van der Waals surface area contributed by atoms with Gasteiger partial charge in [0.25, 0.3) is 0 Å². The van der Waals surface area contributed by atoms with Crippen molar-refractivity contribution in [3.8, 4) is 0 Å². The summed E-state index contributed by atoms with van der Waals surface area (Å²) in [4.78, 5) is 11.6. The topological polar surface area (TPSA) is 77.8 Å². The Hall–Kier alpha value is -0.610. The summed E-state index contributed by atoms with van der Waals surface area (Å²) in [6.07, 6.45) is 18.2. The van der Waals surface area contributed by atoms with Crippen LogP contribution in [0.3, 0.4) is 0 Å². The average molecular weight is 401 g/mol. The first-order valence-corrected chi connectivity index (χ1v) is 11.9. The minimum Gasteiger partial charge on any atom is -0.481 e. The highest BCUT2D eigenvalue weighted by Gasteiger charge is 2.36. The van der Waals surface area contributed by atoms with Crippen molar-refractivity contribution in [2.75, 3.05) is 6.61 Å². The van der Waals surface area contributed by atoms with Crippen molar-refractivity contribution in [3.63, 3.8) is 0 Å². The first kappa shape index (κ1) is 27.4. The van der Waals surface area contributed by atoms with E-state index in [1.807, 2.05) is 13.8 Å². The van der Waals surface area contributed by atoms with Crippen molar-refractivity contribution < 1.29 is 20.1 Å². The van der Waals surface area contributed by atoms with Crippen LogP contribution in [0.4, 0.5) is 0 Å².